The third-order valence-electron chi connectivity index (χ3n) is 3.34. The first-order valence-corrected chi connectivity index (χ1v) is 7.36. The molecule has 0 atom stereocenters. The van der Waals surface area contributed by atoms with E-state index in [1.54, 1.807) is 30.3 Å². The molecule has 0 aliphatic rings. The van der Waals surface area contributed by atoms with Gasteiger partial charge in [-0.1, -0.05) is 18.2 Å². The summed E-state index contributed by atoms with van der Waals surface area (Å²) in [6.07, 6.45) is 5.45. The Balaban J connectivity index is 1.87. The average Bonchev–Trinajstić information content (AvgIpc) is 2.67. The van der Waals surface area contributed by atoms with Gasteiger partial charge in [-0.3, -0.25) is 19.9 Å². The number of hydrogen-bond donors (Lipinski definition) is 1. The molecule has 2 aromatic heterocycles. The van der Waals surface area contributed by atoms with Crippen molar-refractivity contribution in [2.75, 3.05) is 11.6 Å². The number of hydrogen-bond acceptors (Lipinski definition) is 6. The third kappa shape index (κ3) is 3.93. The normalized spacial score (nSPS) is 10.3. The summed E-state index contributed by atoms with van der Waals surface area (Å²) in [7, 11) is 0. The summed E-state index contributed by atoms with van der Waals surface area (Å²) in [5.74, 6) is -0.427. The molecule has 25 heavy (non-hydrogen) atoms. The van der Waals surface area contributed by atoms with Crippen molar-refractivity contribution in [2.45, 2.75) is 0 Å². The first-order valence-electron chi connectivity index (χ1n) is 7.36. The van der Waals surface area contributed by atoms with Gasteiger partial charge >= 0.3 is 0 Å². The van der Waals surface area contributed by atoms with Crippen LogP contribution in [-0.4, -0.2) is 37.8 Å². The third-order valence-corrected chi connectivity index (χ3v) is 3.34. The summed E-state index contributed by atoms with van der Waals surface area (Å²) >= 11 is 0. The van der Waals surface area contributed by atoms with Gasteiger partial charge < -0.3 is 0 Å². The first kappa shape index (κ1) is 16.5. The summed E-state index contributed by atoms with van der Waals surface area (Å²) in [4.78, 5) is 25.9. The Kier molecular flexibility index (Phi) is 4.91. The average molecular weight is 339 g/mol. The van der Waals surface area contributed by atoms with Gasteiger partial charge in [-0.05, 0) is 24.3 Å². The van der Waals surface area contributed by atoms with Crippen LogP contribution in [0.4, 0.5) is 16.0 Å². The highest BCUT2D eigenvalue weighted by Gasteiger charge is 2.20. The van der Waals surface area contributed by atoms with Crippen molar-refractivity contribution in [3.8, 4) is 0 Å². The maximum atomic E-state index is 13.1. The van der Waals surface area contributed by atoms with E-state index < -0.39 is 11.7 Å². The van der Waals surface area contributed by atoms with Gasteiger partial charge in [0.05, 0.1) is 12.4 Å². The molecule has 1 aromatic carbocycles. The fraction of sp³-hybridized carbons (Fsp3) is 0.0588. The summed E-state index contributed by atoms with van der Waals surface area (Å²) in [6.45, 7) is -0.259. The molecule has 0 saturated carbocycles. The number of benzene rings is 1. The second-order valence-corrected chi connectivity index (χ2v) is 5.04. The number of hydroxylamine groups is 2. The van der Waals surface area contributed by atoms with Crippen LogP contribution < -0.4 is 4.90 Å². The van der Waals surface area contributed by atoms with Crippen LogP contribution in [-0.2, 0) is 0 Å². The molecule has 0 unspecified atom stereocenters. The molecule has 0 fully saturated rings. The lowest BCUT2D eigenvalue weighted by molar-refractivity contribution is -0.0562. The van der Waals surface area contributed by atoms with Gasteiger partial charge in [-0.2, -0.15) is 5.06 Å². The molecule has 3 rings (SSSR count). The molecule has 3 aromatic rings. The van der Waals surface area contributed by atoms with Crippen molar-refractivity contribution >= 4 is 17.5 Å². The predicted molar refractivity (Wildman–Crippen MR) is 87.6 cm³/mol. The Morgan fingerprint density at radius 2 is 1.80 bits per heavy atom. The van der Waals surface area contributed by atoms with E-state index in [-0.39, 0.29) is 6.67 Å². The van der Waals surface area contributed by atoms with Crippen LogP contribution in [0.15, 0.2) is 67.3 Å². The Hall–Kier alpha value is -3.39. The number of anilines is 2. The van der Waals surface area contributed by atoms with Gasteiger partial charge in [0.2, 0.25) is 0 Å². The van der Waals surface area contributed by atoms with Crippen LogP contribution in [0, 0.1) is 5.82 Å². The van der Waals surface area contributed by atoms with E-state index in [1.165, 1.54) is 35.6 Å². The maximum absolute atomic E-state index is 13.1. The van der Waals surface area contributed by atoms with Crippen LogP contribution >= 0.6 is 0 Å². The minimum atomic E-state index is -0.586. The zero-order chi connectivity index (χ0) is 17.6. The Labute approximate surface area is 143 Å². The molecule has 2 heterocycles. The topological polar surface area (TPSA) is 82.5 Å². The predicted octanol–water partition coefficient (Wildman–Crippen LogP) is 2.64. The summed E-state index contributed by atoms with van der Waals surface area (Å²) in [6, 6.07) is 11.0. The molecular weight excluding hydrogens is 325 g/mol. The fourth-order valence-corrected chi connectivity index (χ4v) is 2.15. The molecule has 1 N–H and O–H groups in total. The van der Waals surface area contributed by atoms with E-state index in [0.717, 1.165) is 6.20 Å². The number of carbonyl (C=O) groups excluding carboxylic acids is 1. The van der Waals surface area contributed by atoms with E-state index in [2.05, 4.69) is 15.0 Å². The number of rotatable bonds is 5. The number of aromatic nitrogens is 3. The monoisotopic (exact) mass is 339 g/mol. The van der Waals surface area contributed by atoms with E-state index in [4.69, 9.17) is 0 Å². The van der Waals surface area contributed by atoms with E-state index in [9.17, 15) is 14.4 Å². The minimum Gasteiger partial charge on any atom is -0.289 e. The van der Waals surface area contributed by atoms with E-state index >= 15 is 0 Å². The molecule has 126 valence electrons. The smallest absolute Gasteiger partial charge is 0.278 e. The molecule has 0 radical (unpaired) electrons. The second-order valence-electron chi connectivity index (χ2n) is 5.04. The second kappa shape index (κ2) is 7.45. The lowest BCUT2D eigenvalue weighted by atomic mass is 10.2. The number of pyridine rings is 1. The Morgan fingerprint density at radius 1 is 1.00 bits per heavy atom. The molecule has 8 heteroatoms. The van der Waals surface area contributed by atoms with E-state index in [1.807, 2.05) is 0 Å². The van der Waals surface area contributed by atoms with Crippen molar-refractivity contribution in [1.82, 2.24) is 20.0 Å². The number of nitrogens with zero attached hydrogens (tertiary/aromatic N) is 5. The first-order chi connectivity index (χ1) is 12.1. The van der Waals surface area contributed by atoms with Gasteiger partial charge in [0, 0.05) is 18.0 Å². The standard InChI is InChI=1S/C17H14FN5O2/c18-14-6-7-15(21-10-14)22(16-11-19-8-9-20-16)12-23(25)17(24)13-4-2-1-3-5-13/h1-11,25H,12H2. The Bertz CT molecular complexity index is 831. The van der Waals surface area contributed by atoms with Crippen LogP contribution in [0.5, 0.6) is 0 Å². The summed E-state index contributed by atoms with van der Waals surface area (Å²) in [5.41, 5.74) is 0.330. The molecule has 0 aliphatic carbocycles. The molecule has 0 aliphatic heterocycles. The van der Waals surface area contributed by atoms with E-state index in [0.29, 0.717) is 22.3 Å². The van der Waals surface area contributed by atoms with Crippen LogP contribution in [0.2, 0.25) is 0 Å². The van der Waals surface area contributed by atoms with Crippen LogP contribution in [0.25, 0.3) is 0 Å². The quantitative estimate of drug-likeness (QED) is 0.437. The van der Waals surface area contributed by atoms with Gasteiger partial charge in [0.25, 0.3) is 5.91 Å². The fourth-order valence-electron chi connectivity index (χ4n) is 2.15. The van der Waals surface area contributed by atoms with Crippen molar-refractivity contribution < 1.29 is 14.4 Å². The van der Waals surface area contributed by atoms with Crippen molar-refractivity contribution in [2.24, 2.45) is 0 Å². The van der Waals surface area contributed by atoms with Gasteiger partial charge in [-0.25, -0.2) is 14.4 Å². The van der Waals surface area contributed by atoms with Crippen molar-refractivity contribution in [3.05, 3.63) is 78.6 Å². The highest BCUT2D eigenvalue weighted by molar-refractivity contribution is 5.93. The zero-order valence-electron chi connectivity index (χ0n) is 13.0. The SMILES string of the molecule is O=C(c1ccccc1)N(O)CN(c1ccc(F)cn1)c1cnccn1. The summed E-state index contributed by atoms with van der Waals surface area (Å²) in [5, 5.41) is 10.7. The largest absolute Gasteiger partial charge is 0.289 e. The van der Waals surface area contributed by atoms with Crippen molar-refractivity contribution in [3.63, 3.8) is 0 Å². The highest BCUT2D eigenvalue weighted by Crippen LogP contribution is 2.21. The van der Waals surface area contributed by atoms with Gasteiger partial charge in [0.1, 0.15) is 18.3 Å². The Morgan fingerprint density at radius 3 is 2.44 bits per heavy atom. The zero-order valence-corrected chi connectivity index (χ0v) is 13.0. The van der Waals surface area contributed by atoms with Gasteiger partial charge in [-0.15, -0.1) is 0 Å². The maximum Gasteiger partial charge on any atom is 0.278 e. The van der Waals surface area contributed by atoms with Crippen LogP contribution in [0.1, 0.15) is 10.4 Å². The number of amides is 1. The summed E-state index contributed by atoms with van der Waals surface area (Å²) < 4.78 is 13.1. The molecular formula is C17H14FN5O2. The number of carbonyl (C=O) groups is 1. The molecule has 1 amide bonds. The molecule has 7 nitrogen and oxygen atoms in total. The molecule has 0 bridgehead atoms. The highest BCUT2D eigenvalue weighted by atomic mass is 19.1. The molecule has 0 spiro atoms. The number of halogens is 1. The lowest BCUT2D eigenvalue weighted by Crippen LogP contribution is -2.38. The van der Waals surface area contributed by atoms with Crippen LogP contribution in [0.3, 0.4) is 0 Å². The lowest BCUT2D eigenvalue weighted by Gasteiger charge is -2.26. The van der Waals surface area contributed by atoms with Crippen molar-refractivity contribution in [1.29, 1.82) is 0 Å². The minimum absolute atomic E-state index is 0.259. The van der Waals surface area contributed by atoms with Gasteiger partial charge in [0.15, 0.2) is 5.82 Å². The molecule has 0 saturated heterocycles.